The Kier molecular flexibility index (Phi) is 5.15. The zero-order chi connectivity index (χ0) is 20.2. The maximum atomic E-state index is 12.7. The Labute approximate surface area is 168 Å². The number of carbonyl (C=O) groups is 1. The molecule has 1 aliphatic rings. The quantitative estimate of drug-likeness (QED) is 0.461. The van der Waals surface area contributed by atoms with Crippen molar-refractivity contribution in [2.45, 2.75) is 25.4 Å². The fourth-order valence-corrected chi connectivity index (χ4v) is 3.44. The standard InChI is InChI=1S/C21H21N7O/c22-13-28-18-9-5-4-8-16(18)10-11-17(19(28)23)25-21(29)20-24-14-27(26-20)12-15-6-2-1-3-7-15/h1-9,13-14,17,22-23H,10-12H2,(H,25,29). The molecule has 0 aliphatic carbocycles. The van der Waals surface area contributed by atoms with Gasteiger partial charge >= 0.3 is 0 Å². The number of nitrogens with zero attached hydrogens (tertiary/aromatic N) is 4. The summed E-state index contributed by atoms with van der Waals surface area (Å²) < 4.78 is 1.61. The van der Waals surface area contributed by atoms with Crippen molar-refractivity contribution in [2.24, 2.45) is 0 Å². The lowest BCUT2D eigenvalue weighted by molar-refractivity contribution is 0.0934. The third kappa shape index (κ3) is 3.91. The second kappa shape index (κ2) is 8.05. The summed E-state index contributed by atoms with van der Waals surface area (Å²) in [7, 11) is 0. The molecule has 3 aromatic rings. The fraction of sp³-hybridized carbons (Fsp3) is 0.190. The van der Waals surface area contributed by atoms with Crippen LogP contribution in [0.15, 0.2) is 60.9 Å². The highest BCUT2D eigenvalue weighted by atomic mass is 16.2. The molecule has 0 fully saturated rings. The van der Waals surface area contributed by atoms with Gasteiger partial charge in [-0.15, -0.1) is 5.10 Å². The molecule has 29 heavy (non-hydrogen) atoms. The Balaban J connectivity index is 1.47. The number of para-hydroxylation sites is 1. The predicted octanol–water partition coefficient (Wildman–Crippen LogP) is 2.46. The Hall–Kier alpha value is -3.81. The second-order valence-corrected chi connectivity index (χ2v) is 6.83. The third-order valence-corrected chi connectivity index (χ3v) is 4.90. The first-order valence-electron chi connectivity index (χ1n) is 9.36. The average molecular weight is 387 g/mol. The number of anilines is 1. The molecule has 1 aliphatic heterocycles. The first kappa shape index (κ1) is 18.5. The normalized spacial score (nSPS) is 16.1. The molecule has 2 aromatic carbocycles. The fourth-order valence-electron chi connectivity index (χ4n) is 3.44. The van der Waals surface area contributed by atoms with E-state index in [1.807, 2.05) is 54.6 Å². The van der Waals surface area contributed by atoms with Crippen LogP contribution in [0.5, 0.6) is 0 Å². The van der Waals surface area contributed by atoms with Crippen LogP contribution in [0.2, 0.25) is 0 Å². The van der Waals surface area contributed by atoms with Gasteiger partial charge in [-0.25, -0.2) is 9.67 Å². The minimum atomic E-state index is -0.530. The van der Waals surface area contributed by atoms with Crippen molar-refractivity contribution in [3.8, 4) is 0 Å². The van der Waals surface area contributed by atoms with E-state index in [-0.39, 0.29) is 11.7 Å². The highest BCUT2D eigenvalue weighted by Gasteiger charge is 2.28. The van der Waals surface area contributed by atoms with Crippen molar-refractivity contribution < 1.29 is 4.79 Å². The van der Waals surface area contributed by atoms with Gasteiger partial charge in [0.1, 0.15) is 12.2 Å². The van der Waals surface area contributed by atoms with Crippen LogP contribution in [-0.4, -0.2) is 38.9 Å². The van der Waals surface area contributed by atoms with Crippen LogP contribution in [0.25, 0.3) is 0 Å². The number of nitrogens with one attached hydrogen (secondary N) is 3. The van der Waals surface area contributed by atoms with E-state index in [0.717, 1.165) is 23.2 Å². The summed E-state index contributed by atoms with van der Waals surface area (Å²) in [5.74, 6) is -0.207. The molecule has 3 N–H and O–H groups in total. The lowest BCUT2D eigenvalue weighted by Gasteiger charge is -2.24. The number of amides is 1. The molecule has 1 aromatic heterocycles. The minimum Gasteiger partial charge on any atom is -0.339 e. The molecule has 8 heteroatoms. The van der Waals surface area contributed by atoms with Gasteiger partial charge in [0.25, 0.3) is 5.91 Å². The van der Waals surface area contributed by atoms with Gasteiger partial charge in [-0.3, -0.25) is 20.5 Å². The lowest BCUT2D eigenvalue weighted by Crippen LogP contribution is -2.47. The SMILES string of the molecule is N=CN1C(=N)C(NC(=O)c2ncn(Cc3ccccc3)n2)CCc2ccccc21. The van der Waals surface area contributed by atoms with Crippen LogP contribution in [0, 0.1) is 10.8 Å². The van der Waals surface area contributed by atoms with E-state index in [0.29, 0.717) is 19.4 Å². The summed E-state index contributed by atoms with van der Waals surface area (Å²) in [6, 6.07) is 17.0. The molecule has 1 unspecified atom stereocenters. The van der Waals surface area contributed by atoms with Crippen LogP contribution in [-0.2, 0) is 13.0 Å². The number of rotatable bonds is 5. The molecule has 4 rings (SSSR count). The molecule has 0 saturated carbocycles. The van der Waals surface area contributed by atoms with E-state index >= 15 is 0 Å². The summed E-state index contributed by atoms with van der Waals surface area (Å²) in [5.41, 5.74) is 2.91. The van der Waals surface area contributed by atoms with Crippen molar-refractivity contribution in [1.82, 2.24) is 20.1 Å². The van der Waals surface area contributed by atoms with Crippen molar-refractivity contribution in [3.05, 3.63) is 77.9 Å². The summed E-state index contributed by atoms with van der Waals surface area (Å²) in [6.45, 7) is 0.525. The number of aromatic nitrogens is 3. The number of benzene rings is 2. The van der Waals surface area contributed by atoms with E-state index in [1.165, 1.54) is 11.2 Å². The molecule has 8 nitrogen and oxygen atoms in total. The third-order valence-electron chi connectivity index (χ3n) is 4.90. The largest absolute Gasteiger partial charge is 0.339 e. The molecule has 0 bridgehead atoms. The number of aryl methyl sites for hydroxylation is 1. The Morgan fingerprint density at radius 3 is 2.72 bits per heavy atom. The molecule has 1 amide bonds. The van der Waals surface area contributed by atoms with Crippen LogP contribution in [0.1, 0.15) is 28.2 Å². The number of hydrogen-bond acceptors (Lipinski definition) is 5. The predicted molar refractivity (Wildman–Crippen MR) is 111 cm³/mol. The molecule has 0 spiro atoms. The van der Waals surface area contributed by atoms with Gasteiger partial charge in [0.2, 0.25) is 5.82 Å². The second-order valence-electron chi connectivity index (χ2n) is 6.83. The zero-order valence-electron chi connectivity index (χ0n) is 15.7. The van der Waals surface area contributed by atoms with Crippen LogP contribution >= 0.6 is 0 Å². The van der Waals surface area contributed by atoms with Gasteiger partial charge in [-0.1, -0.05) is 48.5 Å². The van der Waals surface area contributed by atoms with Gasteiger partial charge in [0.05, 0.1) is 24.6 Å². The van der Waals surface area contributed by atoms with Crippen molar-refractivity contribution in [3.63, 3.8) is 0 Å². The smallest absolute Gasteiger partial charge is 0.291 e. The molecule has 146 valence electrons. The van der Waals surface area contributed by atoms with Crippen molar-refractivity contribution in [2.75, 3.05) is 4.90 Å². The number of fused-ring (bicyclic) bond motifs is 1. The maximum Gasteiger partial charge on any atom is 0.291 e. The van der Waals surface area contributed by atoms with Gasteiger partial charge in [-0.05, 0) is 30.0 Å². The Morgan fingerprint density at radius 1 is 1.17 bits per heavy atom. The molecule has 2 heterocycles. The van der Waals surface area contributed by atoms with Gasteiger partial charge in [0, 0.05) is 0 Å². The molecular formula is C21H21N7O. The first-order valence-corrected chi connectivity index (χ1v) is 9.36. The Bertz CT molecular complexity index is 1040. The number of hydrogen-bond donors (Lipinski definition) is 3. The molecular weight excluding hydrogens is 366 g/mol. The van der Waals surface area contributed by atoms with Gasteiger partial charge in [0.15, 0.2) is 0 Å². The molecule has 0 radical (unpaired) electrons. The van der Waals surface area contributed by atoms with Gasteiger partial charge in [-0.2, -0.15) is 0 Å². The van der Waals surface area contributed by atoms with E-state index in [2.05, 4.69) is 15.4 Å². The zero-order valence-corrected chi connectivity index (χ0v) is 15.7. The van der Waals surface area contributed by atoms with Crippen LogP contribution in [0.3, 0.4) is 0 Å². The number of amidine groups is 1. The van der Waals surface area contributed by atoms with Crippen LogP contribution < -0.4 is 10.2 Å². The topological polar surface area (TPSA) is 111 Å². The summed E-state index contributed by atoms with van der Waals surface area (Å²) in [6.07, 6.45) is 3.90. The van der Waals surface area contributed by atoms with Crippen molar-refractivity contribution >= 4 is 23.8 Å². The average Bonchev–Trinajstić information content (AvgIpc) is 3.16. The van der Waals surface area contributed by atoms with E-state index < -0.39 is 11.9 Å². The number of carbonyl (C=O) groups excluding carboxylic acids is 1. The monoisotopic (exact) mass is 387 g/mol. The molecule has 1 atom stereocenters. The van der Waals surface area contributed by atoms with E-state index in [1.54, 1.807) is 4.68 Å². The highest BCUT2D eigenvalue weighted by molar-refractivity contribution is 6.13. The van der Waals surface area contributed by atoms with E-state index in [9.17, 15) is 4.79 Å². The van der Waals surface area contributed by atoms with Crippen molar-refractivity contribution in [1.29, 1.82) is 10.8 Å². The minimum absolute atomic E-state index is 0.0666. The summed E-state index contributed by atoms with van der Waals surface area (Å²) in [5, 5.41) is 23.3. The summed E-state index contributed by atoms with van der Waals surface area (Å²) in [4.78, 5) is 18.3. The summed E-state index contributed by atoms with van der Waals surface area (Å²) >= 11 is 0. The van der Waals surface area contributed by atoms with Gasteiger partial charge < -0.3 is 5.32 Å². The maximum absolute atomic E-state index is 12.7. The van der Waals surface area contributed by atoms with Crippen LogP contribution in [0.4, 0.5) is 5.69 Å². The van der Waals surface area contributed by atoms with E-state index in [4.69, 9.17) is 10.8 Å². The Morgan fingerprint density at radius 2 is 1.93 bits per heavy atom. The molecule has 0 saturated heterocycles. The lowest BCUT2D eigenvalue weighted by atomic mass is 10.1. The highest BCUT2D eigenvalue weighted by Crippen LogP contribution is 2.26. The first-order chi connectivity index (χ1) is 14.2.